The van der Waals surface area contributed by atoms with Crippen LogP contribution in [0.25, 0.3) is 0 Å². The number of hydrogen-bond acceptors (Lipinski definition) is 3. The molecule has 0 radical (unpaired) electrons. The van der Waals surface area contributed by atoms with Crippen LogP contribution in [0.3, 0.4) is 0 Å². The van der Waals surface area contributed by atoms with E-state index in [2.05, 4.69) is 9.05 Å². The van der Waals surface area contributed by atoms with Crippen LogP contribution in [0, 0.1) is 0 Å². The Kier molecular flexibility index (Phi) is 5.21. The highest BCUT2D eigenvalue weighted by Crippen LogP contribution is 2.45. The minimum Gasteiger partial charge on any atom is -0.410 e. The summed E-state index contributed by atoms with van der Waals surface area (Å²) in [6, 6.07) is 0. The summed E-state index contributed by atoms with van der Waals surface area (Å²) in [5.74, 6) is 0. The van der Waals surface area contributed by atoms with Gasteiger partial charge in [-0.15, -0.1) is 0 Å². The van der Waals surface area contributed by atoms with Gasteiger partial charge in [-0.05, 0) is 13.8 Å². The standard InChI is InChI=1S/C5H9Cl2O4P/c1-4(2)11-12(8,9)10-3-5(6)7/h3-4H,1-2H3,(H,8,9). The number of phosphoric ester groups is 1. The zero-order chi connectivity index (χ0) is 9.78. The van der Waals surface area contributed by atoms with Gasteiger partial charge in [0.05, 0.1) is 6.10 Å². The molecule has 0 aliphatic rings. The third-order valence-corrected chi connectivity index (χ3v) is 1.86. The maximum Gasteiger partial charge on any atom is 0.527 e. The second-order valence-electron chi connectivity index (χ2n) is 2.14. The molecule has 0 saturated carbocycles. The molecule has 0 rings (SSSR count). The van der Waals surface area contributed by atoms with Crippen LogP contribution in [0.2, 0.25) is 0 Å². The van der Waals surface area contributed by atoms with Gasteiger partial charge in [-0.2, -0.15) is 0 Å². The predicted octanol–water partition coefficient (Wildman–Crippen LogP) is 2.80. The molecular weight excluding hydrogens is 226 g/mol. The summed E-state index contributed by atoms with van der Waals surface area (Å²) in [7, 11) is -4.05. The van der Waals surface area contributed by atoms with E-state index >= 15 is 0 Å². The average Bonchev–Trinajstić information content (AvgIpc) is 1.81. The van der Waals surface area contributed by atoms with E-state index in [1.54, 1.807) is 13.8 Å². The van der Waals surface area contributed by atoms with Crippen molar-refractivity contribution >= 4 is 31.0 Å². The zero-order valence-corrected chi connectivity index (χ0v) is 8.94. The number of rotatable bonds is 4. The van der Waals surface area contributed by atoms with Crippen molar-refractivity contribution in [2.45, 2.75) is 20.0 Å². The highest BCUT2D eigenvalue weighted by atomic mass is 35.5. The van der Waals surface area contributed by atoms with Gasteiger partial charge in [0.25, 0.3) is 0 Å². The minimum absolute atomic E-state index is 0.253. The van der Waals surface area contributed by atoms with Crippen molar-refractivity contribution in [3.63, 3.8) is 0 Å². The number of hydrogen-bond donors (Lipinski definition) is 1. The van der Waals surface area contributed by atoms with E-state index in [1.165, 1.54) is 0 Å². The maximum absolute atomic E-state index is 10.9. The van der Waals surface area contributed by atoms with Crippen molar-refractivity contribution in [1.29, 1.82) is 0 Å². The smallest absolute Gasteiger partial charge is 0.410 e. The average molecular weight is 235 g/mol. The van der Waals surface area contributed by atoms with E-state index in [0.717, 1.165) is 6.26 Å². The topological polar surface area (TPSA) is 55.8 Å². The van der Waals surface area contributed by atoms with Crippen molar-refractivity contribution in [3.05, 3.63) is 10.8 Å². The molecule has 7 heteroatoms. The largest absolute Gasteiger partial charge is 0.527 e. The van der Waals surface area contributed by atoms with Crippen LogP contribution in [0.15, 0.2) is 10.8 Å². The van der Waals surface area contributed by atoms with Crippen molar-refractivity contribution in [3.8, 4) is 0 Å². The normalized spacial score (nSPS) is 15.5. The molecule has 0 heterocycles. The van der Waals surface area contributed by atoms with Gasteiger partial charge in [0.2, 0.25) is 0 Å². The van der Waals surface area contributed by atoms with E-state index < -0.39 is 13.9 Å². The SMILES string of the molecule is CC(C)OP(=O)(O)OC=C(Cl)Cl. The third-order valence-electron chi connectivity index (χ3n) is 0.619. The monoisotopic (exact) mass is 234 g/mol. The van der Waals surface area contributed by atoms with Crippen LogP contribution in [0.1, 0.15) is 13.8 Å². The van der Waals surface area contributed by atoms with Crippen LogP contribution in [0.4, 0.5) is 0 Å². The summed E-state index contributed by atoms with van der Waals surface area (Å²) in [5, 5.41) is 0. The van der Waals surface area contributed by atoms with Gasteiger partial charge in [-0.3, -0.25) is 9.42 Å². The van der Waals surface area contributed by atoms with Crippen molar-refractivity contribution in [2.75, 3.05) is 0 Å². The lowest BCUT2D eigenvalue weighted by molar-refractivity contribution is 0.149. The molecule has 0 amide bonds. The molecule has 12 heavy (non-hydrogen) atoms. The summed E-state index contributed by atoms with van der Waals surface area (Å²) in [5.41, 5.74) is 0. The van der Waals surface area contributed by atoms with Gasteiger partial charge in [-0.1, -0.05) is 23.2 Å². The molecule has 0 saturated heterocycles. The summed E-state index contributed by atoms with van der Waals surface area (Å²) in [4.78, 5) is 8.88. The van der Waals surface area contributed by atoms with Crippen molar-refractivity contribution in [1.82, 2.24) is 0 Å². The Morgan fingerprint density at radius 3 is 2.42 bits per heavy atom. The van der Waals surface area contributed by atoms with E-state index in [9.17, 15) is 4.57 Å². The molecule has 0 aliphatic heterocycles. The first kappa shape index (κ1) is 12.3. The molecule has 1 unspecified atom stereocenters. The summed E-state index contributed by atoms with van der Waals surface area (Å²) >= 11 is 10.3. The quantitative estimate of drug-likeness (QED) is 0.601. The van der Waals surface area contributed by atoms with Gasteiger partial charge in [0.15, 0.2) is 0 Å². The molecule has 0 fully saturated rings. The van der Waals surface area contributed by atoms with Gasteiger partial charge in [0, 0.05) is 0 Å². The molecule has 0 aliphatic carbocycles. The molecule has 0 spiro atoms. The lowest BCUT2D eigenvalue weighted by atomic mass is 10.5. The Labute approximate surface area is 80.7 Å². The molecular formula is C5H9Cl2O4P. The summed E-state index contributed by atoms with van der Waals surface area (Å²) in [6.07, 6.45) is 0.329. The lowest BCUT2D eigenvalue weighted by Gasteiger charge is -2.12. The van der Waals surface area contributed by atoms with E-state index in [1.807, 2.05) is 0 Å². The Hall–Kier alpha value is 0.270. The third kappa shape index (κ3) is 6.95. The first-order valence-corrected chi connectivity index (χ1v) is 5.29. The summed E-state index contributed by atoms with van der Waals surface area (Å²) in [6.45, 7) is 3.19. The molecule has 0 aromatic rings. The molecule has 0 aromatic heterocycles. The fourth-order valence-electron chi connectivity index (χ4n) is 0.398. The van der Waals surface area contributed by atoms with Crippen LogP contribution < -0.4 is 0 Å². The van der Waals surface area contributed by atoms with E-state index in [0.29, 0.717) is 0 Å². The van der Waals surface area contributed by atoms with Gasteiger partial charge in [0.1, 0.15) is 10.8 Å². The fraction of sp³-hybridized carbons (Fsp3) is 0.600. The van der Waals surface area contributed by atoms with Crippen LogP contribution in [0.5, 0.6) is 0 Å². The molecule has 4 nitrogen and oxygen atoms in total. The summed E-state index contributed by atoms with van der Waals surface area (Å²) < 4.78 is 19.4. The minimum atomic E-state index is -4.05. The zero-order valence-electron chi connectivity index (χ0n) is 6.53. The second kappa shape index (κ2) is 5.10. The fourth-order valence-corrected chi connectivity index (χ4v) is 1.43. The molecule has 72 valence electrons. The van der Waals surface area contributed by atoms with Gasteiger partial charge < -0.3 is 4.52 Å². The number of halogens is 2. The Morgan fingerprint density at radius 1 is 1.58 bits per heavy atom. The van der Waals surface area contributed by atoms with Gasteiger partial charge >= 0.3 is 7.82 Å². The lowest BCUT2D eigenvalue weighted by Crippen LogP contribution is -2.00. The van der Waals surface area contributed by atoms with Crippen LogP contribution in [-0.2, 0) is 13.6 Å². The predicted molar refractivity (Wildman–Crippen MR) is 46.9 cm³/mol. The number of phosphoric acid groups is 1. The van der Waals surface area contributed by atoms with Crippen molar-refractivity contribution < 1.29 is 18.5 Å². The van der Waals surface area contributed by atoms with E-state index in [4.69, 9.17) is 28.1 Å². The first-order chi connectivity index (χ1) is 5.33. The van der Waals surface area contributed by atoms with Crippen molar-refractivity contribution in [2.24, 2.45) is 0 Å². The maximum atomic E-state index is 10.9. The highest BCUT2D eigenvalue weighted by Gasteiger charge is 2.22. The second-order valence-corrected chi connectivity index (χ2v) is 4.50. The van der Waals surface area contributed by atoms with Gasteiger partial charge in [-0.25, -0.2) is 4.57 Å². The molecule has 0 bridgehead atoms. The molecule has 1 atom stereocenters. The van der Waals surface area contributed by atoms with Crippen LogP contribution >= 0.6 is 31.0 Å². The Balaban J connectivity index is 4.06. The molecule has 1 N–H and O–H groups in total. The molecule has 0 aromatic carbocycles. The Bertz CT molecular complexity index is 211. The highest BCUT2D eigenvalue weighted by molar-refractivity contribution is 7.47. The van der Waals surface area contributed by atoms with Crippen LogP contribution in [-0.4, -0.2) is 11.0 Å². The first-order valence-electron chi connectivity index (χ1n) is 3.04. The Morgan fingerprint density at radius 2 is 2.08 bits per heavy atom. The van der Waals surface area contributed by atoms with E-state index in [-0.39, 0.29) is 4.49 Å².